The molecule has 0 saturated carbocycles. The average Bonchev–Trinajstić information content (AvgIpc) is 2.68. The largest absolute Gasteiger partial charge is 0.264 e. The molecule has 2 aromatic carbocycles. The third-order valence-electron chi connectivity index (χ3n) is 3.72. The Morgan fingerprint density at radius 1 is 1.05 bits per heavy atom. The molecule has 0 unspecified atom stereocenters. The van der Waals surface area contributed by atoms with Crippen molar-refractivity contribution in [2.45, 2.75) is 11.8 Å². The molecule has 0 bridgehead atoms. The maximum atomic E-state index is 13.0. The van der Waals surface area contributed by atoms with Crippen LogP contribution < -0.4 is 4.31 Å². The van der Waals surface area contributed by atoms with E-state index in [2.05, 4.69) is 6.58 Å². The van der Waals surface area contributed by atoms with E-state index in [1.807, 2.05) is 55.5 Å². The Hall–Kier alpha value is -2.33. The van der Waals surface area contributed by atoms with Gasteiger partial charge >= 0.3 is 0 Å². The second-order valence-electron chi connectivity index (χ2n) is 5.29. The fourth-order valence-electron chi connectivity index (χ4n) is 2.51. The molecule has 1 aliphatic heterocycles. The monoisotopic (exact) mass is 311 g/mol. The van der Waals surface area contributed by atoms with E-state index in [1.54, 1.807) is 12.1 Å². The molecule has 0 aromatic heterocycles. The van der Waals surface area contributed by atoms with Gasteiger partial charge in [-0.3, -0.25) is 4.31 Å². The molecule has 22 heavy (non-hydrogen) atoms. The van der Waals surface area contributed by atoms with Gasteiger partial charge in [0.05, 0.1) is 17.1 Å². The van der Waals surface area contributed by atoms with Crippen molar-refractivity contribution < 1.29 is 8.42 Å². The predicted molar refractivity (Wildman–Crippen MR) is 90.3 cm³/mol. The van der Waals surface area contributed by atoms with Gasteiger partial charge in [0.15, 0.2) is 0 Å². The maximum Gasteiger partial charge on any atom is 0.264 e. The summed E-state index contributed by atoms with van der Waals surface area (Å²) in [6.45, 7) is 6.24. The number of allylic oxidation sites excluding steroid dienone is 2. The van der Waals surface area contributed by atoms with Gasteiger partial charge in [0.2, 0.25) is 0 Å². The summed E-state index contributed by atoms with van der Waals surface area (Å²) in [6.07, 6.45) is 3.69. The van der Waals surface area contributed by atoms with E-state index >= 15 is 0 Å². The summed E-state index contributed by atoms with van der Waals surface area (Å²) in [5, 5.41) is 0. The number of para-hydroxylation sites is 1. The molecule has 0 fully saturated rings. The molecule has 3 rings (SSSR count). The molecule has 112 valence electrons. The molecule has 2 aromatic rings. The lowest BCUT2D eigenvalue weighted by atomic mass is 10.1. The molecule has 0 aliphatic carbocycles. The first-order chi connectivity index (χ1) is 10.5. The number of rotatable bonds is 2. The van der Waals surface area contributed by atoms with Gasteiger partial charge in [0.25, 0.3) is 10.0 Å². The van der Waals surface area contributed by atoms with E-state index in [0.29, 0.717) is 17.1 Å². The Kier molecular flexibility index (Phi) is 3.62. The first-order valence-electron chi connectivity index (χ1n) is 7.04. The first-order valence-corrected chi connectivity index (χ1v) is 8.48. The van der Waals surface area contributed by atoms with E-state index in [0.717, 1.165) is 16.7 Å². The van der Waals surface area contributed by atoms with E-state index in [-0.39, 0.29) is 0 Å². The molecule has 0 saturated heterocycles. The zero-order valence-electron chi connectivity index (χ0n) is 12.4. The molecular weight excluding hydrogens is 294 g/mol. The summed E-state index contributed by atoms with van der Waals surface area (Å²) in [4.78, 5) is 0.300. The van der Waals surface area contributed by atoms with Crippen LogP contribution in [-0.4, -0.2) is 15.0 Å². The fraction of sp³-hybridized carbons (Fsp3) is 0.111. The van der Waals surface area contributed by atoms with Crippen LogP contribution in [0.3, 0.4) is 0 Å². The number of anilines is 1. The number of benzene rings is 2. The van der Waals surface area contributed by atoms with Gasteiger partial charge in [-0.25, -0.2) is 8.42 Å². The summed E-state index contributed by atoms with van der Waals surface area (Å²) in [5.74, 6) is 0. The van der Waals surface area contributed by atoms with E-state index in [9.17, 15) is 8.42 Å². The highest BCUT2D eigenvalue weighted by Crippen LogP contribution is 2.33. The normalized spacial score (nSPS) is 14.6. The summed E-state index contributed by atoms with van der Waals surface area (Å²) >= 11 is 0. The lowest BCUT2D eigenvalue weighted by Gasteiger charge is -2.24. The number of fused-ring (bicyclic) bond motifs is 1. The van der Waals surface area contributed by atoms with Crippen LogP contribution in [0.1, 0.15) is 11.1 Å². The van der Waals surface area contributed by atoms with Crippen LogP contribution in [0.5, 0.6) is 0 Å². The Morgan fingerprint density at radius 3 is 2.45 bits per heavy atom. The minimum absolute atomic E-state index is 0.298. The van der Waals surface area contributed by atoms with Gasteiger partial charge in [-0.2, -0.15) is 0 Å². The number of hydrogen-bond acceptors (Lipinski definition) is 2. The number of aryl methyl sites for hydroxylation is 1. The van der Waals surface area contributed by atoms with Gasteiger partial charge in [-0.1, -0.05) is 54.6 Å². The molecule has 0 N–H and O–H groups in total. The van der Waals surface area contributed by atoms with Crippen molar-refractivity contribution >= 4 is 21.3 Å². The van der Waals surface area contributed by atoms with Crippen molar-refractivity contribution in [1.82, 2.24) is 0 Å². The van der Waals surface area contributed by atoms with Gasteiger partial charge in [0, 0.05) is 5.56 Å². The first kappa shape index (κ1) is 14.6. The van der Waals surface area contributed by atoms with E-state index in [1.165, 1.54) is 4.31 Å². The minimum atomic E-state index is -3.60. The van der Waals surface area contributed by atoms with E-state index in [4.69, 9.17) is 0 Å². The van der Waals surface area contributed by atoms with Crippen LogP contribution in [0.25, 0.3) is 5.57 Å². The average molecular weight is 311 g/mol. The molecule has 3 nitrogen and oxygen atoms in total. The van der Waals surface area contributed by atoms with Crippen LogP contribution in [0.15, 0.2) is 72.2 Å². The van der Waals surface area contributed by atoms with Crippen molar-refractivity contribution in [2.75, 3.05) is 10.8 Å². The molecule has 0 atom stereocenters. The zero-order valence-corrected chi connectivity index (χ0v) is 13.2. The van der Waals surface area contributed by atoms with Gasteiger partial charge in [-0.15, -0.1) is 0 Å². The molecule has 0 spiro atoms. The molecule has 0 amide bonds. The summed E-state index contributed by atoms with van der Waals surface area (Å²) in [7, 11) is -3.60. The standard InChI is InChI=1S/C18H17NO2S/c1-14-9-11-16(12-10-14)22(20,21)19-13-5-6-15(2)17-7-3-4-8-18(17)19/h3-12H,2,13H2,1H3. The summed E-state index contributed by atoms with van der Waals surface area (Å²) < 4.78 is 27.4. The highest BCUT2D eigenvalue weighted by atomic mass is 32.2. The van der Waals surface area contributed by atoms with Crippen molar-refractivity contribution in [2.24, 2.45) is 0 Å². The third-order valence-corrected chi connectivity index (χ3v) is 5.51. The summed E-state index contributed by atoms with van der Waals surface area (Å²) in [5.41, 5.74) is 3.35. The van der Waals surface area contributed by atoms with Crippen LogP contribution in [-0.2, 0) is 10.0 Å². The highest BCUT2D eigenvalue weighted by Gasteiger charge is 2.27. The quantitative estimate of drug-likeness (QED) is 0.846. The Bertz CT molecular complexity index is 849. The van der Waals surface area contributed by atoms with Gasteiger partial charge < -0.3 is 0 Å². The van der Waals surface area contributed by atoms with Gasteiger partial charge in [0.1, 0.15) is 0 Å². The maximum absolute atomic E-state index is 13.0. The summed E-state index contributed by atoms with van der Waals surface area (Å²) in [6, 6.07) is 14.4. The molecular formula is C18H17NO2S. The molecule has 1 heterocycles. The number of sulfonamides is 1. The SMILES string of the molecule is C=C1C=CCN(S(=O)(=O)c2ccc(C)cc2)c2ccccc21. The Morgan fingerprint density at radius 2 is 1.73 bits per heavy atom. The lowest BCUT2D eigenvalue weighted by molar-refractivity contribution is 0.593. The van der Waals surface area contributed by atoms with Gasteiger partial charge in [-0.05, 0) is 30.7 Å². The smallest absolute Gasteiger partial charge is 0.262 e. The van der Waals surface area contributed by atoms with Crippen molar-refractivity contribution in [1.29, 1.82) is 0 Å². The molecule has 0 radical (unpaired) electrons. The third kappa shape index (κ3) is 2.46. The number of hydrogen-bond donors (Lipinski definition) is 0. The van der Waals surface area contributed by atoms with Crippen LogP contribution in [0.4, 0.5) is 5.69 Å². The minimum Gasteiger partial charge on any atom is -0.262 e. The topological polar surface area (TPSA) is 37.4 Å². The Balaban J connectivity index is 2.15. The second kappa shape index (κ2) is 5.46. The lowest BCUT2D eigenvalue weighted by Crippen LogP contribution is -2.31. The molecule has 1 aliphatic rings. The van der Waals surface area contributed by atoms with Crippen molar-refractivity contribution in [3.63, 3.8) is 0 Å². The van der Waals surface area contributed by atoms with Crippen LogP contribution >= 0.6 is 0 Å². The van der Waals surface area contributed by atoms with E-state index < -0.39 is 10.0 Å². The predicted octanol–water partition coefficient (Wildman–Crippen LogP) is 3.77. The van der Waals surface area contributed by atoms with Crippen molar-refractivity contribution in [3.05, 3.63) is 78.4 Å². The fourth-order valence-corrected chi connectivity index (χ4v) is 3.94. The Labute approximate surface area is 131 Å². The second-order valence-corrected chi connectivity index (χ2v) is 7.16. The van der Waals surface area contributed by atoms with Crippen LogP contribution in [0, 0.1) is 6.92 Å². The van der Waals surface area contributed by atoms with Crippen molar-refractivity contribution in [3.8, 4) is 0 Å². The zero-order chi connectivity index (χ0) is 15.7. The highest BCUT2D eigenvalue weighted by molar-refractivity contribution is 7.92. The van der Waals surface area contributed by atoms with Crippen LogP contribution in [0.2, 0.25) is 0 Å². The number of nitrogens with zero attached hydrogens (tertiary/aromatic N) is 1. The molecule has 4 heteroatoms.